The van der Waals surface area contributed by atoms with Gasteiger partial charge in [0.05, 0.1) is 21.4 Å². The van der Waals surface area contributed by atoms with Crippen molar-refractivity contribution in [2.45, 2.75) is 38.1 Å². The molecule has 96 valence electrons. The lowest BCUT2D eigenvalue weighted by molar-refractivity contribution is 0.624. The van der Waals surface area contributed by atoms with Crippen molar-refractivity contribution < 1.29 is 0 Å². The summed E-state index contributed by atoms with van der Waals surface area (Å²) < 4.78 is 2.27. The third-order valence-electron chi connectivity index (χ3n) is 3.79. The van der Waals surface area contributed by atoms with Gasteiger partial charge in [-0.25, -0.2) is 4.98 Å². The second-order valence-corrected chi connectivity index (χ2v) is 6.10. The molecule has 1 aromatic heterocycles. The molecule has 1 heterocycles. The monoisotopic (exact) mass is 282 g/mol. The van der Waals surface area contributed by atoms with E-state index >= 15 is 0 Å². The fourth-order valence-corrected chi connectivity index (χ4v) is 3.14. The highest BCUT2D eigenvalue weighted by Gasteiger charge is 2.40. The first-order chi connectivity index (χ1) is 8.63. The van der Waals surface area contributed by atoms with Crippen molar-refractivity contribution in [3.63, 3.8) is 0 Å². The molecule has 0 bridgehead atoms. The summed E-state index contributed by atoms with van der Waals surface area (Å²) in [5, 5.41) is 0.678. The van der Waals surface area contributed by atoms with Crippen LogP contribution in [0.3, 0.4) is 0 Å². The van der Waals surface area contributed by atoms with Gasteiger partial charge in [0.25, 0.3) is 0 Å². The van der Waals surface area contributed by atoms with E-state index in [2.05, 4.69) is 16.5 Å². The largest absolute Gasteiger partial charge is 0.322 e. The molecule has 1 aromatic carbocycles. The molecule has 1 fully saturated rings. The Kier molecular flexibility index (Phi) is 3.03. The molecule has 1 aliphatic rings. The van der Waals surface area contributed by atoms with Crippen molar-refractivity contribution in [1.82, 2.24) is 9.55 Å². The van der Waals surface area contributed by atoms with Crippen molar-refractivity contribution in [3.8, 4) is 0 Å². The topological polar surface area (TPSA) is 17.8 Å². The molecule has 2 nitrogen and oxygen atoms in total. The van der Waals surface area contributed by atoms with Crippen molar-refractivity contribution in [1.29, 1.82) is 0 Å². The number of hydrogen-bond acceptors (Lipinski definition) is 1. The summed E-state index contributed by atoms with van der Waals surface area (Å²) in [7, 11) is 0. The number of hydrogen-bond donors (Lipinski definition) is 0. The van der Waals surface area contributed by atoms with E-state index in [0.717, 1.165) is 27.8 Å². The molecule has 0 saturated heterocycles. The minimum absolute atomic E-state index is 0.0911. The van der Waals surface area contributed by atoms with E-state index in [4.69, 9.17) is 23.2 Å². The standard InChI is InChI=1S/C14H16Cl2N2/c1-3-9-7-12(9)18-13-10(16)5-4-6-11(13)17-14(18)8(2)15/h4-6,8-9,12H,3,7H2,1-2H3. The Balaban J connectivity index is 2.22. The van der Waals surface area contributed by atoms with E-state index < -0.39 is 0 Å². The number of aromatic nitrogens is 2. The van der Waals surface area contributed by atoms with Gasteiger partial charge in [-0.15, -0.1) is 11.6 Å². The van der Waals surface area contributed by atoms with Gasteiger partial charge in [0.1, 0.15) is 5.82 Å². The highest BCUT2D eigenvalue weighted by molar-refractivity contribution is 6.35. The van der Waals surface area contributed by atoms with Crippen LogP contribution >= 0.6 is 23.2 Å². The Bertz CT molecular complexity index is 589. The third-order valence-corrected chi connectivity index (χ3v) is 4.29. The van der Waals surface area contributed by atoms with Crippen LogP contribution in [0.25, 0.3) is 11.0 Å². The number of rotatable bonds is 3. The van der Waals surface area contributed by atoms with E-state index in [9.17, 15) is 0 Å². The predicted molar refractivity (Wildman–Crippen MR) is 76.4 cm³/mol. The lowest BCUT2D eigenvalue weighted by Gasteiger charge is -2.10. The maximum atomic E-state index is 6.34. The highest BCUT2D eigenvalue weighted by atomic mass is 35.5. The SMILES string of the molecule is CCC1CC1n1c(C(C)Cl)nc2cccc(Cl)c21. The third kappa shape index (κ3) is 1.83. The Labute approximate surface area is 117 Å². The van der Waals surface area contributed by atoms with Gasteiger partial charge in [0, 0.05) is 6.04 Å². The molecular weight excluding hydrogens is 267 g/mol. The first-order valence-corrected chi connectivity index (χ1v) is 7.25. The van der Waals surface area contributed by atoms with Gasteiger partial charge in [0.2, 0.25) is 0 Å². The van der Waals surface area contributed by atoms with Crippen LogP contribution in [0, 0.1) is 5.92 Å². The molecule has 0 N–H and O–H groups in total. The van der Waals surface area contributed by atoms with Crippen molar-refractivity contribution in [3.05, 3.63) is 29.0 Å². The van der Waals surface area contributed by atoms with Gasteiger partial charge in [-0.2, -0.15) is 0 Å². The number of alkyl halides is 1. The summed E-state index contributed by atoms with van der Waals surface area (Å²) in [4.78, 5) is 4.65. The Morgan fingerprint density at radius 1 is 1.50 bits per heavy atom. The van der Waals surface area contributed by atoms with Crippen LogP contribution in [0.2, 0.25) is 5.02 Å². The molecule has 0 spiro atoms. The number of nitrogens with zero attached hydrogens (tertiary/aromatic N) is 2. The number of fused-ring (bicyclic) bond motifs is 1. The fourth-order valence-electron chi connectivity index (χ4n) is 2.73. The number of halogens is 2. The Morgan fingerprint density at radius 3 is 2.89 bits per heavy atom. The van der Waals surface area contributed by atoms with E-state index in [0.29, 0.717) is 6.04 Å². The summed E-state index contributed by atoms with van der Waals surface area (Å²) >= 11 is 12.6. The average molecular weight is 283 g/mol. The minimum Gasteiger partial charge on any atom is -0.322 e. The van der Waals surface area contributed by atoms with E-state index in [1.165, 1.54) is 12.8 Å². The number of imidazole rings is 1. The zero-order valence-corrected chi connectivity index (χ0v) is 12.0. The van der Waals surface area contributed by atoms with Gasteiger partial charge < -0.3 is 4.57 Å². The van der Waals surface area contributed by atoms with Gasteiger partial charge in [-0.1, -0.05) is 31.0 Å². The summed E-state index contributed by atoms with van der Waals surface area (Å²) in [5.41, 5.74) is 1.99. The van der Waals surface area contributed by atoms with Crippen LogP contribution in [0.4, 0.5) is 0 Å². The van der Waals surface area contributed by atoms with Gasteiger partial charge in [-0.3, -0.25) is 0 Å². The summed E-state index contributed by atoms with van der Waals surface area (Å²) in [5.74, 6) is 1.69. The molecule has 2 aromatic rings. The first kappa shape index (κ1) is 12.3. The van der Waals surface area contributed by atoms with Crippen LogP contribution in [0.15, 0.2) is 18.2 Å². The molecule has 4 heteroatoms. The van der Waals surface area contributed by atoms with Gasteiger partial charge in [0.15, 0.2) is 0 Å². The molecule has 3 atom stereocenters. The quantitative estimate of drug-likeness (QED) is 0.728. The smallest absolute Gasteiger partial charge is 0.128 e. The van der Waals surface area contributed by atoms with Crippen LogP contribution in [0.1, 0.15) is 43.9 Å². The second kappa shape index (κ2) is 4.43. The lowest BCUT2D eigenvalue weighted by Crippen LogP contribution is -2.04. The number of benzene rings is 1. The molecule has 3 rings (SSSR count). The Hall–Kier alpha value is -0.730. The minimum atomic E-state index is -0.0911. The van der Waals surface area contributed by atoms with Crippen molar-refractivity contribution in [2.24, 2.45) is 5.92 Å². The van der Waals surface area contributed by atoms with E-state index in [1.807, 2.05) is 25.1 Å². The zero-order chi connectivity index (χ0) is 12.9. The maximum absolute atomic E-state index is 6.34. The number of para-hydroxylation sites is 1. The summed E-state index contributed by atoms with van der Waals surface area (Å²) in [6.07, 6.45) is 2.41. The highest BCUT2D eigenvalue weighted by Crippen LogP contribution is 2.49. The molecule has 3 unspecified atom stereocenters. The summed E-state index contributed by atoms with van der Waals surface area (Å²) in [6, 6.07) is 6.39. The molecule has 0 aliphatic heterocycles. The normalized spacial score (nSPS) is 24.4. The van der Waals surface area contributed by atoms with E-state index in [-0.39, 0.29) is 5.38 Å². The van der Waals surface area contributed by atoms with E-state index in [1.54, 1.807) is 0 Å². The summed E-state index contributed by atoms with van der Waals surface area (Å²) in [6.45, 7) is 4.20. The molecule has 18 heavy (non-hydrogen) atoms. The van der Waals surface area contributed by atoms with Gasteiger partial charge in [-0.05, 0) is 31.4 Å². The second-order valence-electron chi connectivity index (χ2n) is 5.03. The molecular formula is C14H16Cl2N2. The van der Waals surface area contributed by atoms with Crippen LogP contribution < -0.4 is 0 Å². The van der Waals surface area contributed by atoms with Crippen molar-refractivity contribution >= 4 is 34.2 Å². The van der Waals surface area contributed by atoms with Crippen LogP contribution in [-0.4, -0.2) is 9.55 Å². The molecule has 1 saturated carbocycles. The molecule has 1 aliphatic carbocycles. The van der Waals surface area contributed by atoms with Gasteiger partial charge >= 0.3 is 0 Å². The molecule has 0 radical (unpaired) electrons. The Morgan fingerprint density at radius 2 is 2.28 bits per heavy atom. The van der Waals surface area contributed by atoms with Crippen LogP contribution in [-0.2, 0) is 0 Å². The first-order valence-electron chi connectivity index (χ1n) is 6.44. The fraction of sp³-hybridized carbons (Fsp3) is 0.500. The predicted octanol–water partition coefficient (Wildman–Crippen LogP) is 4.96. The maximum Gasteiger partial charge on any atom is 0.128 e. The van der Waals surface area contributed by atoms with Crippen LogP contribution in [0.5, 0.6) is 0 Å². The molecule has 0 amide bonds. The zero-order valence-electron chi connectivity index (χ0n) is 10.5. The van der Waals surface area contributed by atoms with Crippen molar-refractivity contribution in [2.75, 3.05) is 0 Å². The lowest BCUT2D eigenvalue weighted by atomic mass is 10.3. The average Bonchev–Trinajstić information content (AvgIpc) is 3.01.